The van der Waals surface area contributed by atoms with Crippen molar-refractivity contribution >= 4 is 5.97 Å². The van der Waals surface area contributed by atoms with Crippen molar-refractivity contribution < 1.29 is 22.7 Å². The van der Waals surface area contributed by atoms with Crippen LogP contribution in [0.2, 0.25) is 0 Å². The number of halogens is 3. The molecule has 0 radical (unpaired) electrons. The molecule has 0 rings (SSSR count). The number of ether oxygens (including phenoxy) is 1. The highest BCUT2D eigenvalue weighted by Crippen LogP contribution is 2.09. The Morgan fingerprint density at radius 2 is 1.69 bits per heavy atom. The Bertz CT molecular complexity index is 196. The third kappa shape index (κ3) is 3.48. The van der Waals surface area contributed by atoms with Crippen LogP contribution in [0.25, 0.3) is 0 Å². The standard InChI is InChI=1S/C8H11F3O2/c1-2-13-8(12)7(5-11)6(3-9)4-10/h2-5H2,1H3. The predicted octanol–water partition coefficient (Wildman–Crippen LogP) is 1.75. The van der Waals surface area contributed by atoms with Crippen LogP contribution in [0, 0.1) is 0 Å². The van der Waals surface area contributed by atoms with Crippen LogP contribution in [0.1, 0.15) is 6.92 Å². The molecule has 0 fully saturated rings. The molecule has 0 aliphatic carbocycles. The molecule has 13 heavy (non-hydrogen) atoms. The van der Waals surface area contributed by atoms with Crippen LogP contribution < -0.4 is 0 Å². The monoisotopic (exact) mass is 196 g/mol. The molecule has 0 spiro atoms. The lowest BCUT2D eigenvalue weighted by atomic mass is 10.1. The first-order valence-corrected chi connectivity index (χ1v) is 3.77. The molecule has 0 aromatic heterocycles. The van der Waals surface area contributed by atoms with Crippen LogP contribution in [0.3, 0.4) is 0 Å². The summed E-state index contributed by atoms with van der Waals surface area (Å²) in [6.45, 7) is -1.97. The van der Waals surface area contributed by atoms with Crippen LogP contribution in [-0.2, 0) is 9.53 Å². The van der Waals surface area contributed by atoms with E-state index in [9.17, 15) is 18.0 Å². The number of carbonyl (C=O) groups excluding carboxylic acids is 1. The van der Waals surface area contributed by atoms with E-state index in [1.54, 1.807) is 0 Å². The van der Waals surface area contributed by atoms with Crippen molar-refractivity contribution in [3.63, 3.8) is 0 Å². The normalized spacial score (nSPS) is 9.54. The van der Waals surface area contributed by atoms with Crippen molar-refractivity contribution in [1.82, 2.24) is 0 Å². The molecular weight excluding hydrogens is 185 g/mol. The highest BCUT2D eigenvalue weighted by molar-refractivity contribution is 5.89. The van der Waals surface area contributed by atoms with E-state index in [1.807, 2.05) is 0 Å². The third-order valence-electron chi connectivity index (χ3n) is 1.40. The molecule has 0 saturated heterocycles. The second-order valence-corrected chi connectivity index (χ2v) is 2.20. The fraction of sp³-hybridized carbons (Fsp3) is 0.625. The smallest absolute Gasteiger partial charge is 0.336 e. The quantitative estimate of drug-likeness (QED) is 0.494. The minimum Gasteiger partial charge on any atom is -0.463 e. The summed E-state index contributed by atoms with van der Waals surface area (Å²) in [6.07, 6.45) is 0. The van der Waals surface area contributed by atoms with Gasteiger partial charge in [-0.15, -0.1) is 0 Å². The Morgan fingerprint density at radius 1 is 1.15 bits per heavy atom. The first kappa shape index (κ1) is 12.0. The summed E-state index contributed by atoms with van der Waals surface area (Å²) >= 11 is 0. The SMILES string of the molecule is CCOC(=O)C(CF)=C(CF)CF. The number of esters is 1. The summed E-state index contributed by atoms with van der Waals surface area (Å²) in [6, 6.07) is 0. The van der Waals surface area contributed by atoms with Crippen LogP contribution in [-0.4, -0.2) is 32.6 Å². The van der Waals surface area contributed by atoms with Gasteiger partial charge in [0, 0.05) is 5.57 Å². The minimum atomic E-state index is -1.21. The van der Waals surface area contributed by atoms with E-state index in [0.717, 1.165) is 0 Å². The second kappa shape index (κ2) is 6.51. The zero-order valence-electron chi connectivity index (χ0n) is 7.28. The molecule has 2 nitrogen and oxygen atoms in total. The fourth-order valence-electron chi connectivity index (χ4n) is 0.709. The molecule has 0 aromatic carbocycles. The number of rotatable bonds is 5. The van der Waals surface area contributed by atoms with Gasteiger partial charge in [0.2, 0.25) is 0 Å². The molecule has 0 aliphatic heterocycles. The van der Waals surface area contributed by atoms with Gasteiger partial charge in [-0.3, -0.25) is 0 Å². The van der Waals surface area contributed by atoms with E-state index in [-0.39, 0.29) is 6.61 Å². The average molecular weight is 196 g/mol. The molecule has 0 N–H and O–H groups in total. The molecule has 0 heterocycles. The summed E-state index contributed by atoms with van der Waals surface area (Å²) in [5.41, 5.74) is -1.03. The number of carbonyl (C=O) groups is 1. The van der Waals surface area contributed by atoms with Gasteiger partial charge in [-0.25, -0.2) is 18.0 Å². The zero-order chi connectivity index (χ0) is 10.3. The van der Waals surface area contributed by atoms with Gasteiger partial charge in [-0.1, -0.05) is 0 Å². The Balaban J connectivity index is 4.63. The van der Waals surface area contributed by atoms with E-state index in [4.69, 9.17) is 0 Å². The van der Waals surface area contributed by atoms with Gasteiger partial charge in [0.25, 0.3) is 0 Å². The molecule has 0 aliphatic rings. The van der Waals surface area contributed by atoms with E-state index >= 15 is 0 Å². The van der Waals surface area contributed by atoms with Crippen molar-refractivity contribution in [2.45, 2.75) is 6.92 Å². The second-order valence-electron chi connectivity index (χ2n) is 2.20. The van der Waals surface area contributed by atoms with E-state index in [0.29, 0.717) is 0 Å². The molecule has 0 bridgehead atoms. The van der Waals surface area contributed by atoms with Crippen molar-refractivity contribution in [1.29, 1.82) is 0 Å². The summed E-state index contributed by atoms with van der Waals surface area (Å²) in [4.78, 5) is 10.9. The molecule has 0 unspecified atom stereocenters. The maximum Gasteiger partial charge on any atom is 0.336 e. The van der Waals surface area contributed by atoms with Crippen molar-refractivity contribution in [2.75, 3.05) is 26.6 Å². The summed E-state index contributed by atoms with van der Waals surface area (Å²) in [5.74, 6) is -0.990. The third-order valence-corrected chi connectivity index (χ3v) is 1.40. The Hall–Kier alpha value is -1.00. The van der Waals surface area contributed by atoms with Gasteiger partial charge in [0.1, 0.15) is 20.0 Å². The number of hydrogen-bond donors (Lipinski definition) is 0. The summed E-state index contributed by atoms with van der Waals surface area (Å²) in [5, 5.41) is 0. The number of alkyl halides is 3. The lowest BCUT2D eigenvalue weighted by Crippen LogP contribution is -2.13. The van der Waals surface area contributed by atoms with Gasteiger partial charge in [-0.2, -0.15) is 0 Å². The van der Waals surface area contributed by atoms with E-state index in [2.05, 4.69) is 4.74 Å². The molecule has 0 atom stereocenters. The van der Waals surface area contributed by atoms with Gasteiger partial charge in [-0.05, 0) is 6.92 Å². The topological polar surface area (TPSA) is 26.3 Å². The first-order chi connectivity index (χ1) is 6.21. The number of allylic oxidation sites excluding steroid dienone is 1. The number of hydrogen-bond acceptors (Lipinski definition) is 2. The maximum absolute atomic E-state index is 12.2. The highest BCUT2D eigenvalue weighted by Gasteiger charge is 2.16. The maximum atomic E-state index is 12.2. The predicted molar refractivity (Wildman–Crippen MR) is 41.6 cm³/mol. The molecular formula is C8H11F3O2. The molecule has 0 aromatic rings. The van der Waals surface area contributed by atoms with E-state index < -0.39 is 37.1 Å². The highest BCUT2D eigenvalue weighted by atomic mass is 19.1. The van der Waals surface area contributed by atoms with Crippen LogP contribution in [0.4, 0.5) is 13.2 Å². The molecule has 76 valence electrons. The van der Waals surface area contributed by atoms with Gasteiger partial charge in [0.15, 0.2) is 0 Å². The van der Waals surface area contributed by atoms with Gasteiger partial charge >= 0.3 is 5.97 Å². The lowest BCUT2D eigenvalue weighted by Gasteiger charge is -2.05. The minimum absolute atomic E-state index is 0.0498. The zero-order valence-corrected chi connectivity index (χ0v) is 7.28. The Labute approximate surface area is 74.4 Å². The molecule has 5 heteroatoms. The van der Waals surface area contributed by atoms with Crippen molar-refractivity contribution in [3.8, 4) is 0 Å². The van der Waals surface area contributed by atoms with Crippen LogP contribution in [0.15, 0.2) is 11.1 Å². The Kier molecular flexibility index (Phi) is 6.01. The summed E-state index contributed by atoms with van der Waals surface area (Å²) in [7, 11) is 0. The average Bonchev–Trinajstić information content (AvgIpc) is 2.14. The Morgan fingerprint density at radius 3 is 2.00 bits per heavy atom. The fourth-order valence-corrected chi connectivity index (χ4v) is 0.709. The summed E-state index contributed by atoms with van der Waals surface area (Å²) < 4.78 is 40.6. The lowest BCUT2D eigenvalue weighted by molar-refractivity contribution is -0.138. The van der Waals surface area contributed by atoms with Gasteiger partial charge < -0.3 is 4.74 Å². The first-order valence-electron chi connectivity index (χ1n) is 3.77. The van der Waals surface area contributed by atoms with E-state index in [1.165, 1.54) is 6.92 Å². The van der Waals surface area contributed by atoms with Crippen molar-refractivity contribution in [3.05, 3.63) is 11.1 Å². The van der Waals surface area contributed by atoms with Crippen molar-refractivity contribution in [2.24, 2.45) is 0 Å². The van der Waals surface area contributed by atoms with Crippen LogP contribution >= 0.6 is 0 Å². The largest absolute Gasteiger partial charge is 0.463 e. The molecule has 0 amide bonds. The van der Waals surface area contributed by atoms with Gasteiger partial charge in [0.05, 0.1) is 12.2 Å². The molecule has 0 saturated carbocycles. The van der Waals surface area contributed by atoms with Crippen LogP contribution in [0.5, 0.6) is 0 Å².